The van der Waals surface area contributed by atoms with Crippen LogP contribution in [0.1, 0.15) is 25.7 Å². The molecule has 0 aromatic heterocycles. The standard InChI is InChI=1S/C18H42O2Si4/c1-21(2)19-24(8,9)18-14-15-12-16(17(18)13-15)10-11-23(6,7)20-22(3,4)5/h15-18,21H,10-14H2,1-9H3. The predicted molar refractivity (Wildman–Crippen MR) is 117 cm³/mol. The third kappa shape index (κ3) is 5.64. The van der Waals surface area contributed by atoms with Crippen LogP contribution in [0, 0.1) is 17.8 Å². The van der Waals surface area contributed by atoms with Gasteiger partial charge in [0, 0.05) is 0 Å². The first-order valence-electron chi connectivity index (χ1n) is 10.2. The summed E-state index contributed by atoms with van der Waals surface area (Å²) in [6, 6.07) is 1.36. The Labute approximate surface area is 156 Å². The van der Waals surface area contributed by atoms with Crippen LogP contribution in [0.25, 0.3) is 0 Å². The molecule has 2 aliphatic rings. The fraction of sp³-hybridized carbons (Fsp3) is 1.00. The zero-order chi connectivity index (χ0) is 18.3. The lowest BCUT2D eigenvalue weighted by Gasteiger charge is -2.41. The van der Waals surface area contributed by atoms with Crippen LogP contribution < -0.4 is 0 Å². The molecule has 0 aromatic rings. The highest BCUT2D eigenvalue weighted by Gasteiger charge is 2.52. The van der Waals surface area contributed by atoms with Crippen molar-refractivity contribution in [2.75, 3.05) is 0 Å². The van der Waals surface area contributed by atoms with Crippen LogP contribution in [0.15, 0.2) is 0 Å². The largest absolute Gasteiger partial charge is 0.458 e. The Morgan fingerprint density at radius 2 is 1.54 bits per heavy atom. The van der Waals surface area contributed by atoms with E-state index in [0.717, 1.165) is 23.3 Å². The van der Waals surface area contributed by atoms with Gasteiger partial charge in [0.1, 0.15) is 0 Å². The molecular weight excluding hydrogens is 361 g/mol. The van der Waals surface area contributed by atoms with Gasteiger partial charge in [0.05, 0.1) is 0 Å². The van der Waals surface area contributed by atoms with Crippen LogP contribution >= 0.6 is 0 Å². The molecule has 24 heavy (non-hydrogen) atoms. The summed E-state index contributed by atoms with van der Waals surface area (Å²) in [6.45, 7) is 21.6. The van der Waals surface area contributed by atoms with Crippen LogP contribution in [0.3, 0.4) is 0 Å². The van der Waals surface area contributed by atoms with E-state index in [4.69, 9.17) is 8.23 Å². The van der Waals surface area contributed by atoms with E-state index >= 15 is 0 Å². The summed E-state index contributed by atoms with van der Waals surface area (Å²) >= 11 is 0. The van der Waals surface area contributed by atoms with Gasteiger partial charge in [-0.05, 0) is 108 Å². The van der Waals surface area contributed by atoms with Gasteiger partial charge in [-0.1, -0.05) is 6.42 Å². The first kappa shape index (κ1) is 21.1. The molecule has 2 bridgehead atoms. The molecule has 0 amide bonds. The molecule has 2 rings (SSSR count). The van der Waals surface area contributed by atoms with Gasteiger partial charge in [-0.25, -0.2) is 0 Å². The maximum atomic E-state index is 6.60. The molecule has 0 spiro atoms. The Morgan fingerprint density at radius 3 is 2.04 bits per heavy atom. The Morgan fingerprint density at radius 1 is 0.917 bits per heavy atom. The first-order valence-corrected chi connectivity index (χ1v) is 22.5. The van der Waals surface area contributed by atoms with Crippen molar-refractivity contribution >= 4 is 34.0 Å². The predicted octanol–water partition coefficient (Wildman–Crippen LogP) is 6.05. The minimum absolute atomic E-state index is 0.910. The van der Waals surface area contributed by atoms with Crippen molar-refractivity contribution in [1.29, 1.82) is 0 Å². The van der Waals surface area contributed by atoms with E-state index in [-0.39, 0.29) is 0 Å². The molecular formula is C18H42O2Si4. The molecule has 0 aliphatic heterocycles. The van der Waals surface area contributed by atoms with Crippen molar-refractivity contribution in [3.8, 4) is 0 Å². The number of rotatable bonds is 8. The highest BCUT2D eigenvalue weighted by atomic mass is 28.4. The average Bonchev–Trinajstić information content (AvgIpc) is 2.91. The Bertz CT molecular complexity index is 431. The summed E-state index contributed by atoms with van der Waals surface area (Å²) in [6.07, 6.45) is 5.91. The fourth-order valence-corrected chi connectivity index (χ4v) is 21.7. The Kier molecular flexibility index (Phi) is 6.53. The molecule has 6 heteroatoms. The summed E-state index contributed by atoms with van der Waals surface area (Å²) in [5, 5.41) is 0. The zero-order valence-electron chi connectivity index (χ0n) is 17.7. The second kappa shape index (κ2) is 7.42. The highest BCUT2D eigenvalue weighted by Crippen LogP contribution is 2.59. The quantitative estimate of drug-likeness (QED) is 0.460. The smallest absolute Gasteiger partial charge is 0.176 e. The van der Waals surface area contributed by atoms with E-state index in [1.807, 2.05) is 0 Å². The minimum atomic E-state index is -1.49. The fourth-order valence-electron chi connectivity index (χ4n) is 5.73. The highest BCUT2D eigenvalue weighted by molar-refractivity contribution is 6.84. The maximum Gasteiger partial charge on any atom is 0.176 e. The summed E-state index contributed by atoms with van der Waals surface area (Å²) < 4.78 is 13.2. The number of hydrogen-bond donors (Lipinski definition) is 0. The number of fused-ring (bicyclic) bond motifs is 2. The number of hydrogen-bond acceptors (Lipinski definition) is 2. The second-order valence-corrected chi connectivity index (χ2v) is 26.9. The second-order valence-electron chi connectivity index (χ2n) is 10.9. The van der Waals surface area contributed by atoms with Crippen molar-refractivity contribution in [3.63, 3.8) is 0 Å². The van der Waals surface area contributed by atoms with E-state index in [1.165, 1.54) is 31.7 Å². The van der Waals surface area contributed by atoms with Crippen LogP contribution in [-0.4, -0.2) is 34.0 Å². The normalized spacial score (nSPS) is 31.2. The Balaban J connectivity index is 1.94. The molecule has 2 saturated carbocycles. The van der Waals surface area contributed by atoms with Crippen molar-refractivity contribution in [2.24, 2.45) is 17.8 Å². The molecule has 2 aliphatic carbocycles. The molecule has 0 heterocycles. The molecule has 0 aromatic carbocycles. The average molecular weight is 403 g/mol. The van der Waals surface area contributed by atoms with Crippen LogP contribution in [0.4, 0.5) is 0 Å². The van der Waals surface area contributed by atoms with Gasteiger partial charge in [0.15, 0.2) is 34.0 Å². The van der Waals surface area contributed by atoms with Crippen LogP contribution in [0.2, 0.25) is 70.5 Å². The lowest BCUT2D eigenvalue weighted by molar-refractivity contribution is 0.302. The van der Waals surface area contributed by atoms with Crippen LogP contribution in [-0.2, 0) is 8.23 Å². The first-order chi connectivity index (χ1) is 10.8. The SMILES string of the molecule is C[SiH](C)O[Si](C)(C)C1CC2CC(CC[Si](C)(C)O[Si](C)(C)C)C1C2. The minimum Gasteiger partial charge on any atom is -0.458 e. The van der Waals surface area contributed by atoms with E-state index in [1.54, 1.807) is 0 Å². The molecule has 0 radical (unpaired) electrons. The van der Waals surface area contributed by atoms with E-state index in [0.29, 0.717) is 0 Å². The van der Waals surface area contributed by atoms with Gasteiger partial charge < -0.3 is 8.23 Å². The zero-order valence-corrected chi connectivity index (χ0v) is 21.9. The lowest BCUT2D eigenvalue weighted by Crippen LogP contribution is -2.44. The molecule has 2 nitrogen and oxygen atoms in total. The summed E-state index contributed by atoms with van der Waals surface area (Å²) in [5.41, 5.74) is 0.929. The third-order valence-electron chi connectivity index (χ3n) is 6.08. The van der Waals surface area contributed by atoms with Gasteiger partial charge in [-0.2, -0.15) is 0 Å². The van der Waals surface area contributed by atoms with Gasteiger partial charge in [0.2, 0.25) is 0 Å². The molecule has 4 unspecified atom stereocenters. The van der Waals surface area contributed by atoms with Crippen molar-refractivity contribution in [1.82, 2.24) is 0 Å². The van der Waals surface area contributed by atoms with E-state index in [2.05, 4.69) is 58.9 Å². The monoisotopic (exact) mass is 402 g/mol. The summed E-state index contributed by atoms with van der Waals surface area (Å²) in [5.74, 6) is 2.95. The summed E-state index contributed by atoms with van der Waals surface area (Å²) in [4.78, 5) is 0. The molecule has 142 valence electrons. The molecule has 2 fully saturated rings. The van der Waals surface area contributed by atoms with Gasteiger partial charge in [-0.15, -0.1) is 0 Å². The molecule has 0 N–H and O–H groups in total. The van der Waals surface area contributed by atoms with Crippen molar-refractivity contribution in [3.05, 3.63) is 0 Å². The topological polar surface area (TPSA) is 18.5 Å². The van der Waals surface area contributed by atoms with Crippen molar-refractivity contribution < 1.29 is 8.23 Å². The van der Waals surface area contributed by atoms with Crippen LogP contribution in [0.5, 0.6) is 0 Å². The van der Waals surface area contributed by atoms with E-state index < -0.39 is 34.0 Å². The van der Waals surface area contributed by atoms with Gasteiger partial charge in [-0.3, -0.25) is 0 Å². The van der Waals surface area contributed by atoms with E-state index in [9.17, 15) is 0 Å². The lowest BCUT2D eigenvalue weighted by atomic mass is 9.86. The maximum absolute atomic E-state index is 6.60. The van der Waals surface area contributed by atoms with Crippen molar-refractivity contribution in [2.45, 2.75) is 96.2 Å². The van der Waals surface area contributed by atoms with Gasteiger partial charge in [0.25, 0.3) is 0 Å². The third-order valence-corrected chi connectivity index (χ3v) is 19.0. The molecule has 0 saturated heterocycles. The molecule has 4 atom stereocenters. The summed E-state index contributed by atoms with van der Waals surface area (Å²) in [7, 11) is -5.28. The van der Waals surface area contributed by atoms with Gasteiger partial charge >= 0.3 is 0 Å². The Hall–Kier alpha value is 0.788.